The third-order valence-corrected chi connectivity index (χ3v) is 5.37. The number of rotatable bonds is 7. The van der Waals surface area contributed by atoms with Gasteiger partial charge in [0, 0.05) is 37.6 Å². The van der Waals surface area contributed by atoms with Crippen molar-refractivity contribution >= 4 is 5.91 Å². The molecule has 1 fully saturated rings. The van der Waals surface area contributed by atoms with Crippen LogP contribution in [0.1, 0.15) is 24.1 Å². The zero-order valence-corrected chi connectivity index (χ0v) is 16.3. The van der Waals surface area contributed by atoms with Gasteiger partial charge in [-0.25, -0.2) is 0 Å². The van der Waals surface area contributed by atoms with Crippen LogP contribution in [0.2, 0.25) is 0 Å². The highest BCUT2D eigenvalue weighted by Gasteiger charge is 2.28. The van der Waals surface area contributed by atoms with Gasteiger partial charge in [0.05, 0.1) is 5.69 Å². The molecule has 1 saturated heterocycles. The average Bonchev–Trinajstić information content (AvgIpc) is 3.24. The number of aromatic nitrogens is 3. The summed E-state index contributed by atoms with van der Waals surface area (Å²) >= 11 is 0. The van der Waals surface area contributed by atoms with E-state index in [4.69, 9.17) is 4.52 Å². The molecular weight excluding hydrogens is 366 g/mol. The second kappa shape index (κ2) is 9.43. The maximum Gasteiger partial charge on any atom is 0.220 e. The highest BCUT2D eigenvalue weighted by atomic mass is 16.5. The van der Waals surface area contributed by atoms with E-state index in [-0.39, 0.29) is 5.91 Å². The van der Waals surface area contributed by atoms with Gasteiger partial charge in [0.2, 0.25) is 5.91 Å². The van der Waals surface area contributed by atoms with Crippen molar-refractivity contribution in [2.75, 3.05) is 13.1 Å². The highest BCUT2D eigenvalue weighted by Crippen LogP contribution is 2.27. The minimum absolute atomic E-state index is 0.0834. The molecule has 7 nitrogen and oxygen atoms in total. The van der Waals surface area contributed by atoms with Crippen molar-refractivity contribution in [2.24, 2.45) is 11.8 Å². The van der Waals surface area contributed by atoms with E-state index in [1.54, 1.807) is 18.6 Å². The molecule has 0 aliphatic carbocycles. The van der Waals surface area contributed by atoms with E-state index in [1.807, 2.05) is 36.4 Å². The molecule has 2 N–H and O–H groups in total. The lowest BCUT2D eigenvalue weighted by molar-refractivity contribution is -0.122. The topological polar surface area (TPSA) is 92.9 Å². The van der Waals surface area contributed by atoms with E-state index in [0.29, 0.717) is 30.6 Å². The van der Waals surface area contributed by atoms with Crippen molar-refractivity contribution < 1.29 is 9.32 Å². The van der Waals surface area contributed by atoms with Crippen LogP contribution in [0.3, 0.4) is 0 Å². The van der Waals surface area contributed by atoms with E-state index < -0.39 is 0 Å². The predicted octanol–water partition coefficient (Wildman–Crippen LogP) is 2.61. The SMILES string of the molecule is O=C(C[C@@H]1CCNC[C@@H]1Cc1cc(-c2ccccn2)on1)NCc1cccnc1. The summed E-state index contributed by atoms with van der Waals surface area (Å²) in [6, 6.07) is 11.5. The summed E-state index contributed by atoms with van der Waals surface area (Å²) < 4.78 is 5.48. The van der Waals surface area contributed by atoms with Crippen LogP contribution in [0.4, 0.5) is 0 Å². The molecule has 3 aromatic heterocycles. The fourth-order valence-electron chi connectivity index (χ4n) is 3.80. The third kappa shape index (κ3) is 5.26. The van der Waals surface area contributed by atoms with Crippen molar-refractivity contribution in [1.29, 1.82) is 0 Å². The van der Waals surface area contributed by atoms with Crippen molar-refractivity contribution in [3.8, 4) is 11.5 Å². The van der Waals surface area contributed by atoms with Gasteiger partial charge in [-0.15, -0.1) is 0 Å². The van der Waals surface area contributed by atoms with Crippen LogP contribution < -0.4 is 10.6 Å². The Labute approximate surface area is 169 Å². The van der Waals surface area contributed by atoms with Gasteiger partial charge in [0.1, 0.15) is 5.69 Å². The number of nitrogens with one attached hydrogen (secondary N) is 2. The van der Waals surface area contributed by atoms with E-state index in [2.05, 4.69) is 25.8 Å². The van der Waals surface area contributed by atoms with Gasteiger partial charge in [0.25, 0.3) is 0 Å². The molecular formula is C22H25N5O2. The van der Waals surface area contributed by atoms with E-state index in [0.717, 1.165) is 42.9 Å². The first-order valence-electron chi connectivity index (χ1n) is 10.0. The molecule has 1 aliphatic heterocycles. The second-order valence-corrected chi connectivity index (χ2v) is 7.46. The lowest BCUT2D eigenvalue weighted by Gasteiger charge is -2.31. The van der Waals surface area contributed by atoms with E-state index in [9.17, 15) is 4.79 Å². The molecule has 0 unspecified atom stereocenters. The van der Waals surface area contributed by atoms with Gasteiger partial charge < -0.3 is 15.2 Å². The Morgan fingerprint density at radius 3 is 3.00 bits per heavy atom. The number of amides is 1. The predicted molar refractivity (Wildman–Crippen MR) is 109 cm³/mol. The van der Waals surface area contributed by atoms with Crippen LogP contribution in [0, 0.1) is 11.8 Å². The van der Waals surface area contributed by atoms with Gasteiger partial charge in [0.15, 0.2) is 5.76 Å². The Morgan fingerprint density at radius 1 is 1.21 bits per heavy atom. The van der Waals surface area contributed by atoms with E-state index in [1.165, 1.54) is 0 Å². The van der Waals surface area contributed by atoms with Crippen molar-refractivity contribution in [3.63, 3.8) is 0 Å². The summed E-state index contributed by atoms with van der Waals surface area (Å²) in [5.74, 6) is 1.42. The molecule has 0 radical (unpaired) electrons. The zero-order chi connectivity index (χ0) is 19.9. The quantitative estimate of drug-likeness (QED) is 0.643. The summed E-state index contributed by atoms with van der Waals surface area (Å²) in [5.41, 5.74) is 2.69. The number of hydrogen-bond acceptors (Lipinski definition) is 6. The Hall–Kier alpha value is -3.06. The van der Waals surface area contributed by atoms with Gasteiger partial charge in [-0.2, -0.15) is 0 Å². The van der Waals surface area contributed by atoms with Gasteiger partial charge in [-0.3, -0.25) is 14.8 Å². The number of piperidine rings is 1. The maximum atomic E-state index is 12.5. The monoisotopic (exact) mass is 391 g/mol. The second-order valence-electron chi connectivity index (χ2n) is 7.46. The summed E-state index contributed by atoms with van der Waals surface area (Å²) in [6.45, 7) is 2.33. The fraction of sp³-hybridized carbons (Fsp3) is 0.364. The molecule has 3 aromatic rings. The molecule has 4 heterocycles. The highest BCUT2D eigenvalue weighted by molar-refractivity contribution is 5.76. The minimum atomic E-state index is 0.0834. The summed E-state index contributed by atoms with van der Waals surface area (Å²) in [5, 5.41) is 10.7. The van der Waals surface area contributed by atoms with Crippen molar-refractivity contribution in [1.82, 2.24) is 25.8 Å². The third-order valence-electron chi connectivity index (χ3n) is 5.37. The standard InChI is InChI=1S/C22H25N5O2/c28-22(26-14-16-4-3-7-23-13-16)11-17-6-9-24-15-18(17)10-19-12-21(29-27-19)20-5-1-2-8-25-20/h1-5,7-8,12-13,17-18,24H,6,9-11,14-15H2,(H,26,28)/t17-,18-/m0/s1. The first-order chi connectivity index (χ1) is 14.3. The Balaban J connectivity index is 1.34. The molecule has 29 heavy (non-hydrogen) atoms. The Morgan fingerprint density at radius 2 is 2.17 bits per heavy atom. The normalized spacial score (nSPS) is 19.0. The summed E-state index contributed by atoms with van der Waals surface area (Å²) in [7, 11) is 0. The van der Waals surface area contributed by atoms with Crippen LogP contribution in [-0.4, -0.2) is 34.1 Å². The van der Waals surface area contributed by atoms with E-state index >= 15 is 0 Å². The first-order valence-corrected chi connectivity index (χ1v) is 10.0. The first kappa shape index (κ1) is 19.3. The molecule has 7 heteroatoms. The Bertz CT molecular complexity index is 913. The van der Waals surface area contributed by atoms with Crippen molar-refractivity contribution in [3.05, 3.63) is 66.2 Å². The molecule has 0 spiro atoms. The lowest BCUT2D eigenvalue weighted by atomic mass is 9.81. The van der Waals surface area contributed by atoms with Crippen LogP contribution in [-0.2, 0) is 17.8 Å². The molecule has 150 valence electrons. The molecule has 2 atom stereocenters. The Kier molecular flexibility index (Phi) is 6.26. The fourth-order valence-corrected chi connectivity index (χ4v) is 3.80. The molecule has 1 aliphatic rings. The van der Waals surface area contributed by atoms with Crippen LogP contribution in [0.15, 0.2) is 59.5 Å². The number of carbonyl (C=O) groups is 1. The number of nitrogens with zero attached hydrogens (tertiary/aromatic N) is 3. The molecule has 0 aromatic carbocycles. The van der Waals surface area contributed by atoms with Crippen molar-refractivity contribution in [2.45, 2.75) is 25.8 Å². The molecule has 1 amide bonds. The van der Waals surface area contributed by atoms with Crippen LogP contribution >= 0.6 is 0 Å². The number of hydrogen-bond donors (Lipinski definition) is 2. The van der Waals surface area contributed by atoms with Crippen LogP contribution in [0.5, 0.6) is 0 Å². The van der Waals surface area contributed by atoms with Gasteiger partial charge in [-0.05, 0) is 61.5 Å². The lowest BCUT2D eigenvalue weighted by Crippen LogP contribution is -2.40. The molecule has 0 bridgehead atoms. The minimum Gasteiger partial charge on any atom is -0.354 e. The van der Waals surface area contributed by atoms with Gasteiger partial charge >= 0.3 is 0 Å². The summed E-state index contributed by atoms with van der Waals surface area (Å²) in [6.07, 6.45) is 7.53. The maximum absolute atomic E-state index is 12.5. The molecule has 4 rings (SSSR count). The smallest absolute Gasteiger partial charge is 0.220 e. The average molecular weight is 391 g/mol. The zero-order valence-electron chi connectivity index (χ0n) is 16.3. The van der Waals surface area contributed by atoms with Crippen LogP contribution in [0.25, 0.3) is 11.5 Å². The molecule has 0 saturated carbocycles. The number of pyridine rings is 2. The summed E-state index contributed by atoms with van der Waals surface area (Å²) in [4.78, 5) is 20.9. The number of carbonyl (C=O) groups excluding carboxylic acids is 1. The van der Waals surface area contributed by atoms with Gasteiger partial charge in [-0.1, -0.05) is 17.3 Å². The largest absolute Gasteiger partial charge is 0.354 e.